The standard InChI is InChI=1S/C18H20N2O2/c1-2-10-18(11-6-13-19)12-7-14-20(17(18)22)16(21)15-8-4-3-5-9-15/h2-5,8-9H,1,6-7,10-12,14H2/t18-/m0/s1. The fraction of sp³-hybridized carbons (Fsp3) is 0.389. The molecule has 4 nitrogen and oxygen atoms in total. The van der Waals surface area contributed by atoms with Crippen molar-refractivity contribution in [2.24, 2.45) is 5.41 Å². The third-order valence-electron chi connectivity index (χ3n) is 4.25. The van der Waals surface area contributed by atoms with Crippen molar-refractivity contribution in [3.05, 3.63) is 48.6 Å². The van der Waals surface area contributed by atoms with Gasteiger partial charge in [-0.3, -0.25) is 14.5 Å². The summed E-state index contributed by atoms with van der Waals surface area (Å²) in [5.74, 6) is -0.418. The molecule has 1 aliphatic heterocycles. The number of nitriles is 1. The van der Waals surface area contributed by atoms with Gasteiger partial charge in [-0.25, -0.2) is 0 Å². The number of piperidine rings is 1. The van der Waals surface area contributed by atoms with Gasteiger partial charge in [0.2, 0.25) is 5.91 Å². The van der Waals surface area contributed by atoms with Crippen LogP contribution < -0.4 is 0 Å². The number of hydrogen-bond acceptors (Lipinski definition) is 3. The van der Waals surface area contributed by atoms with Crippen LogP contribution in [0, 0.1) is 16.7 Å². The SMILES string of the molecule is C=CC[C@]1(CCC#N)CCCN(C(=O)c2ccccc2)C1=O. The Morgan fingerprint density at radius 3 is 2.77 bits per heavy atom. The summed E-state index contributed by atoms with van der Waals surface area (Å²) in [4.78, 5) is 26.8. The molecule has 1 atom stereocenters. The molecule has 1 aromatic carbocycles. The zero-order valence-corrected chi connectivity index (χ0v) is 12.6. The molecule has 2 rings (SSSR count). The van der Waals surface area contributed by atoms with Crippen molar-refractivity contribution in [2.75, 3.05) is 6.54 Å². The van der Waals surface area contributed by atoms with E-state index in [4.69, 9.17) is 5.26 Å². The van der Waals surface area contributed by atoms with Gasteiger partial charge in [0, 0.05) is 18.5 Å². The summed E-state index contributed by atoms with van der Waals surface area (Å²) < 4.78 is 0. The molecule has 4 heteroatoms. The number of nitrogens with zero attached hydrogens (tertiary/aromatic N) is 2. The van der Waals surface area contributed by atoms with Crippen LogP contribution >= 0.6 is 0 Å². The maximum atomic E-state index is 12.9. The van der Waals surface area contributed by atoms with Crippen LogP contribution in [0.2, 0.25) is 0 Å². The zero-order valence-electron chi connectivity index (χ0n) is 12.6. The fourth-order valence-electron chi connectivity index (χ4n) is 3.10. The number of carbonyl (C=O) groups excluding carboxylic acids is 2. The van der Waals surface area contributed by atoms with Gasteiger partial charge in [0.1, 0.15) is 0 Å². The summed E-state index contributed by atoms with van der Waals surface area (Å²) >= 11 is 0. The van der Waals surface area contributed by atoms with Gasteiger partial charge in [-0.05, 0) is 37.8 Å². The quantitative estimate of drug-likeness (QED) is 0.618. The van der Waals surface area contributed by atoms with E-state index < -0.39 is 5.41 Å². The molecular weight excluding hydrogens is 276 g/mol. The maximum absolute atomic E-state index is 12.9. The molecule has 1 saturated heterocycles. The lowest BCUT2D eigenvalue weighted by Crippen LogP contribution is -2.51. The predicted molar refractivity (Wildman–Crippen MR) is 83.8 cm³/mol. The average Bonchev–Trinajstić information content (AvgIpc) is 2.56. The van der Waals surface area contributed by atoms with Crippen molar-refractivity contribution in [3.63, 3.8) is 0 Å². The molecule has 0 radical (unpaired) electrons. The second kappa shape index (κ2) is 7.04. The van der Waals surface area contributed by atoms with Crippen molar-refractivity contribution in [2.45, 2.75) is 32.1 Å². The van der Waals surface area contributed by atoms with Gasteiger partial charge < -0.3 is 0 Å². The first-order chi connectivity index (χ1) is 10.6. The topological polar surface area (TPSA) is 61.2 Å². The Kier molecular flexibility index (Phi) is 5.11. The van der Waals surface area contributed by atoms with Crippen molar-refractivity contribution in [1.29, 1.82) is 5.26 Å². The van der Waals surface area contributed by atoms with Crippen LogP contribution in [0.4, 0.5) is 0 Å². The Bertz CT molecular complexity index is 603. The molecule has 0 aliphatic carbocycles. The summed E-state index contributed by atoms with van der Waals surface area (Å²) in [5.41, 5.74) is -0.134. The largest absolute Gasteiger partial charge is 0.278 e. The second-order valence-corrected chi connectivity index (χ2v) is 5.66. The summed E-state index contributed by atoms with van der Waals surface area (Å²) in [7, 11) is 0. The first-order valence-electron chi connectivity index (χ1n) is 7.54. The Labute approximate surface area is 131 Å². The number of carbonyl (C=O) groups is 2. The molecule has 0 spiro atoms. The third-order valence-corrected chi connectivity index (χ3v) is 4.25. The van der Waals surface area contributed by atoms with Crippen LogP contribution in [0.5, 0.6) is 0 Å². The normalized spacial score (nSPS) is 21.2. The molecule has 114 valence electrons. The van der Waals surface area contributed by atoms with Gasteiger partial charge >= 0.3 is 0 Å². The maximum Gasteiger partial charge on any atom is 0.260 e. The van der Waals surface area contributed by atoms with Crippen molar-refractivity contribution >= 4 is 11.8 Å². The average molecular weight is 296 g/mol. The smallest absolute Gasteiger partial charge is 0.260 e. The minimum atomic E-state index is -0.653. The van der Waals surface area contributed by atoms with Gasteiger partial charge in [0.25, 0.3) is 5.91 Å². The van der Waals surface area contributed by atoms with Gasteiger partial charge in [-0.2, -0.15) is 5.26 Å². The highest BCUT2D eigenvalue weighted by molar-refractivity contribution is 6.06. The monoisotopic (exact) mass is 296 g/mol. The first-order valence-corrected chi connectivity index (χ1v) is 7.54. The Morgan fingerprint density at radius 1 is 1.41 bits per heavy atom. The molecule has 2 amide bonds. The lowest BCUT2D eigenvalue weighted by atomic mass is 9.73. The minimum absolute atomic E-state index is 0.164. The van der Waals surface area contributed by atoms with E-state index in [0.717, 1.165) is 6.42 Å². The van der Waals surface area contributed by atoms with Crippen LogP contribution in [0.15, 0.2) is 43.0 Å². The highest BCUT2D eigenvalue weighted by Crippen LogP contribution is 2.39. The highest BCUT2D eigenvalue weighted by Gasteiger charge is 2.44. The van der Waals surface area contributed by atoms with E-state index >= 15 is 0 Å². The Morgan fingerprint density at radius 2 is 2.14 bits per heavy atom. The molecule has 0 aromatic heterocycles. The van der Waals surface area contributed by atoms with Gasteiger partial charge in [0.05, 0.1) is 11.5 Å². The van der Waals surface area contributed by atoms with Crippen molar-refractivity contribution in [1.82, 2.24) is 4.90 Å². The summed E-state index contributed by atoms with van der Waals surface area (Å²) in [5, 5.41) is 8.85. The molecule has 1 aromatic rings. The van der Waals surface area contributed by atoms with Crippen LogP contribution in [0.1, 0.15) is 42.5 Å². The summed E-state index contributed by atoms with van der Waals surface area (Å²) in [6, 6.07) is 10.9. The molecular formula is C18H20N2O2. The highest BCUT2D eigenvalue weighted by atomic mass is 16.2. The van der Waals surface area contributed by atoms with Crippen molar-refractivity contribution in [3.8, 4) is 6.07 Å². The second-order valence-electron chi connectivity index (χ2n) is 5.66. The van der Waals surface area contributed by atoms with E-state index in [9.17, 15) is 9.59 Å². The van der Waals surface area contributed by atoms with Gasteiger partial charge in [0.15, 0.2) is 0 Å². The number of hydrogen-bond donors (Lipinski definition) is 0. The first kappa shape index (κ1) is 16.0. The fourth-order valence-corrected chi connectivity index (χ4v) is 3.10. The molecule has 1 aliphatic rings. The van der Waals surface area contributed by atoms with E-state index in [0.29, 0.717) is 37.8 Å². The van der Waals surface area contributed by atoms with Crippen LogP contribution in [0.25, 0.3) is 0 Å². The van der Waals surface area contributed by atoms with E-state index in [1.807, 2.05) is 6.07 Å². The summed E-state index contributed by atoms with van der Waals surface area (Å²) in [6.07, 6.45) is 4.49. The van der Waals surface area contributed by atoms with Crippen LogP contribution in [-0.4, -0.2) is 23.3 Å². The molecule has 1 fully saturated rings. The van der Waals surface area contributed by atoms with E-state index in [-0.39, 0.29) is 11.8 Å². The van der Waals surface area contributed by atoms with Gasteiger partial charge in [-0.15, -0.1) is 6.58 Å². The van der Waals surface area contributed by atoms with Crippen LogP contribution in [0.3, 0.4) is 0 Å². The molecule has 1 heterocycles. The number of allylic oxidation sites excluding steroid dienone is 1. The molecule has 22 heavy (non-hydrogen) atoms. The molecule has 0 N–H and O–H groups in total. The number of rotatable bonds is 5. The Balaban J connectivity index is 2.26. The lowest BCUT2D eigenvalue weighted by molar-refractivity contribution is -0.143. The minimum Gasteiger partial charge on any atom is -0.278 e. The summed E-state index contributed by atoms with van der Waals surface area (Å²) in [6.45, 7) is 4.17. The molecule has 0 unspecified atom stereocenters. The van der Waals surface area contributed by atoms with E-state index in [2.05, 4.69) is 12.6 Å². The number of imide groups is 1. The molecule has 0 saturated carbocycles. The Hall–Kier alpha value is -2.41. The van der Waals surface area contributed by atoms with Gasteiger partial charge in [-0.1, -0.05) is 24.3 Å². The van der Waals surface area contributed by atoms with Crippen molar-refractivity contribution < 1.29 is 9.59 Å². The van der Waals surface area contributed by atoms with E-state index in [1.165, 1.54) is 4.90 Å². The number of likely N-dealkylation sites (tertiary alicyclic amines) is 1. The van der Waals surface area contributed by atoms with E-state index in [1.54, 1.807) is 30.3 Å². The lowest BCUT2D eigenvalue weighted by Gasteiger charge is -2.40. The third kappa shape index (κ3) is 3.09. The van der Waals surface area contributed by atoms with Crippen LogP contribution in [-0.2, 0) is 4.79 Å². The zero-order chi connectivity index (χ0) is 16.0. The predicted octanol–water partition coefficient (Wildman–Crippen LogP) is 3.32. The number of benzene rings is 1. The number of amides is 2. The molecule has 0 bridgehead atoms.